The predicted molar refractivity (Wildman–Crippen MR) is 53.5 cm³/mol. The Morgan fingerprint density at radius 2 is 1.69 bits per heavy atom. The molecular weight excluding hydrogens is 237 g/mol. The molecule has 0 aliphatic rings. The summed E-state index contributed by atoms with van der Waals surface area (Å²) in [5.74, 6) is 0. The number of hydrogen-bond acceptors (Lipinski definition) is 2. The zero-order valence-corrected chi connectivity index (χ0v) is 12.1. The molecule has 1 aromatic rings. The van der Waals surface area contributed by atoms with Gasteiger partial charge in [-0.2, -0.15) is 0 Å². The van der Waals surface area contributed by atoms with Crippen LogP contribution in [0.5, 0.6) is 0 Å². The Morgan fingerprint density at radius 3 is 2.08 bits per heavy atom. The molecule has 0 heterocycles. The molecule has 0 saturated heterocycles. The van der Waals surface area contributed by atoms with Gasteiger partial charge >= 0.3 is 0 Å². The Morgan fingerprint density at radius 1 is 1.23 bits per heavy atom. The van der Waals surface area contributed by atoms with Crippen LogP contribution in [0.2, 0.25) is 5.02 Å². The van der Waals surface area contributed by atoms with Crippen LogP contribution in [0.1, 0.15) is 0 Å². The van der Waals surface area contributed by atoms with Crippen LogP contribution in [0.15, 0.2) is 29.2 Å². The summed E-state index contributed by atoms with van der Waals surface area (Å²) in [6, 6.07) is 5.97. The number of nitrogens with one attached hydrogen (secondary N) is 1. The van der Waals surface area contributed by atoms with Gasteiger partial charge in [0, 0.05) is 56.4 Å². The van der Waals surface area contributed by atoms with E-state index in [0.29, 0.717) is 5.02 Å². The second-order valence-corrected chi connectivity index (χ2v) is 4.48. The fraction of sp³-hybridized carbons (Fsp3) is 0.143. The number of halogens is 1. The molecule has 0 unspecified atom stereocenters. The van der Waals surface area contributed by atoms with Crippen molar-refractivity contribution in [1.82, 2.24) is 4.72 Å². The van der Waals surface area contributed by atoms with E-state index in [-0.39, 0.29) is 56.3 Å². The monoisotopic (exact) mass is 244 g/mol. The van der Waals surface area contributed by atoms with Crippen LogP contribution in [-0.4, -0.2) is 66.9 Å². The van der Waals surface area contributed by atoms with Gasteiger partial charge in [0.1, 0.15) is 0 Å². The van der Waals surface area contributed by atoms with Crippen molar-refractivity contribution < 1.29 is 8.42 Å². The van der Waals surface area contributed by atoms with Crippen molar-refractivity contribution in [3.05, 3.63) is 29.3 Å². The van der Waals surface area contributed by atoms with Crippen LogP contribution >= 0.6 is 11.6 Å². The van der Waals surface area contributed by atoms with Gasteiger partial charge in [0.25, 0.3) is 0 Å². The molecule has 0 spiro atoms. The summed E-state index contributed by atoms with van der Waals surface area (Å²) in [7, 11) is -1.96. The van der Waals surface area contributed by atoms with Crippen LogP contribution in [-0.2, 0) is 10.0 Å². The Labute approximate surface area is 125 Å². The molecule has 1 N–H and O–H groups in total. The van der Waals surface area contributed by atoms with Gasteiger partial charge in [-0.3, -0.25) is 0 Å². The first-order valence-corrected chi connectivity index (χ1v) is 5.11. The summed E-state index contributed by atoms with van der Waals surface area (Å²) in [4.78, 5) is 0.217. The average Bonchev–Trinajstić information content (AvgIpc) is 2.05. The Hall–Kier alpha value is 1.06. The van der Waals surface area contributed by atoms with Crippen molar-refractivity contribution in [3.8, 4) is 0 Å². The van der Waals surface area contributed by atoms with E-state index in [2.05, 4.69) is 4.72 Å². The summed E-state index contributed by atoms with van der Waals surface area (Å²) >= 11 is 5.59. The summed E-state index contributed by atoms with van der Waals surface area (Å²) < 4.78 is 24.5. The molecule has 6 heteroatoms. The minimum absolute atomic E-state index is 0. The molecule has 13 heavy (non-hydrogen) atoms. The molecule has 0 aliphatic carbocycles. The van der Waals surface area contributed by atoms with Gasteiger partial charge in [0.15, 0.2) is 0 Å². The maximum absolute atomic E-state index is 11.2. The molecule has 1 aromatic carbocycles. The van der Waals surface area contributed by atoms with Crippen molar-refractivity contribution in [2.75, 3.05) is 7.05 Å². The smallest absolute Gasteiger partial charge is 0.214 e. The molecule has 3 nitrogen and oxygen atoms in total. The number of rotatable bonds is 2. The van der Waals surface area contributed by atoms with Crippen LogP contribution < -0.4 is 4.72 Å². The third-order valence-electron chi connectivity index (χ3n) is 1.39. The van der Waals surface area contributed by atoms with Crippen molar-refractivity contribution >= 4 is 73.0 Å². The van der Waals surface area contributed by atoms with Crippen LogP contribution in [0.25, 0.3) is 0 Å². The van der Waals surface area contributed by atoms with E-state index in [1.165, 1.54) is 31.3 Å². The van der Waals surface area contributed by atoms with Gasteiger partial charge in [-0.05, 0) is 31.3 Å². The molecular formula is C7H8ClKNO2S. The first kappa shape index (κ1) is 14.1. The summed E-state index contributed by atoms with van der Waals surface area (Å²) in [5, 5.41) is 0.519. The molecule has 0 saturated carbocycles. The molecule has 1 rings (SSSR count). The molecule has 1 radical (unpaired) electrons. The van der Waals surface area contributed by atoms with E-state index in [4.69, 9.17) is 11.6 Å². The number of sulfonamides is 1. The molecule has 67 valence electrons. The van der Waals surface area contributed by atoms with E-state index in [0.717, 1.165) is 0 Å². The maximum atomic E-state index is 11.2. The zero-order chi connectivity index (χ0) is 9.19. The maximum Gasteiger partial charge on any atom is 0.240 e. The zero-order valence-electron chi connectivity index (χ0n) is 7.41. The third kappa shape index (κ3) is 3.97. The molecule has 0 fully saturated rings. The minimum atomic E-state index is -3.32. The van der Waals surface area contributed by atoms with E-state index < -0.39 is 10.0 Å². The fourth-order valence-corrected chi connectivity index (χ4v) is 1.59. The predicted octanol–water partition coefficient (Wildman–Crippen LogP) is 0.867. The number of hydrogen-bond donors (Lipinski definition) is 1. The fourth-order valence-electron chi connectivity index (χ4n) is 0.732. The largest absolute Gasteiger partial charge is 0.240 e. The van der Waals surface area contributed by atoms with E-state index >= 15 is 0 Å². The van der Waals surface area contributed by atoms with Crippen LogP contribution in [0.4, 0.5) is 0 Å². The Balaban J connectivity index is 0.00000144. The summed E-state index contributed by atoms with van der Waals surface area (Å²) in [6.07, 6.45) is 0. The Bertz CT molecular complexity index is 363. The SMILES string of the molecule is CNS(=O)(=O)c1ccc(Cl)cc1.[K]. The normalized spacial score (nSPS) is 10.6. The Kier molecular flexibility index (Phi) is 6.29. The van der Waals surface area contributed by atoms with Crippen molar-refractivity contribution in [1.29, 1.82) is 0 Å². The van der Waals surface area contributed by atoms with E-state index in [1.807, 2.05) is 0 Å². The van der Waals surface area contributed by atoms with Gasteiger partial charge in [-0.25, -0.2) is 13.1 Å². The first-order valence-electron chi connectivity index (χ1n) is 3.25. The molecule has 0 bridgehead atoms. The second-order valence-electron chi connectivity index (χ2n) is 2.16. The minimum Gasteiger partial charge on any atom is -0.214 e. The van der Waals surface area contributed by atoms with Crippen molar-refractivity contribution in [2.24, 2.45) is 0 Å². The van der Waals surface area contributed by atoms with Gasteiger partial charge in [0.05, 0.1) is 4.90 Å². The van der Waals surface area contributed by atoms with E-state index in [9.17, 15) is 8.42 Å². The van der Waals surface area contributed by atoms with Gasteiger partial charge in [0.2, 0.25) is 10.0 Å². The standard InChI is InChI=1S/C7H8ClNO2S.K/c1-9-12(10,11)7-4-2-6(8)3-5-7;/h2-5,9H,1H3;. The topological polar surface area (TPSA) is 46.2 Å². The van der Waals surface area contributed by atoms with Gasteiger partial charge < -0.3 is 0 Å². The quantitative estimate of drug-likeness (QED) is 0.785. The summed E-state index contributed by atoms with van der Waals surface area (Å²) in [5.41, 5.74) is 0. The van der Waals surface area contributed by atoms with Crippen LogP contribution in [0, 0.1) is 0 Å². The van der Waals surface area contributed by atoms with Crippen LogP contribution in [0.3, 0.4) is 0 Å². The van der Waals surface area contributed by atoms with Crippen molar-refractivity contribution in [3.63, 3.8) is 0 Å². The third-order valence-corrected chi connectivity index (χ3v) is 3.07. The van der Waals surface area contributed by atoms with E-state index in [1.54, 1.807) is 0 Å². The molecule has 0 amide bonds. The first-order chi connectivity index (χ1) is 5.56. The van der Waals surface area contributed by atoms with Crippen molar-refractivity contribution in [2.45, 2.75) is 4.90 Å². The average molecular weight is 245 g/mol. The van der Waals surface area contributed by atoms with Gasteiger partial charge in [-0.1, -0.05) is 11.6 Å². The molecule has 0 aromatic heterocycles. The number of benzene rings is 1. The van der Waals surface area contributed by atoms with Gasteiger partial charge in [-0.15, -0.1) is 0 Å². The second kappa shape index (κ2) is 5.82. The summed E-state index contributed by atoms with van der Waals surface area (Å²) in [6.45, 7) is 0. The molecule has 0 atom stereocenters. The molecule has 0 aliphatic heterocycles.